The summed E-state index contributed by atoms with van der Waals surface area (Å²) in [6.45, 7) is 0. The molecule has 6 heteroatoms. The van der Waals surface area contributed by atoms with Gasteiger partial charge in [-0.15, -0.1) is 0 Å². The minimum atomic E-state index is -1.07. The van der Waals surface area contributed by atoms with Gasteiger partial charge in [0, 0.05) is 6.07 Å². The first-order valence-electron chi connectivity index (χ1n) is 4.56. The Hall–Kier alpha value is -1.88. The van der Waals surface area contributed by atoms with Crippen molar-refractivity contribution in [3.8, 4) is 16.9 Å². The van der Waals surface area contributed by atoms with Gasteiger partial charge in [0.2, 0.25) is 0 Å². The van der Waals surface area contributed by atoms with Crippen LogP contribution in [0.3, 0.4) is 0 Å². The largest absolute Gasteiger partial charge is 0.507 e. The molecule has 0 unspecified atom stereocenters. The normalized spacial score (nSPS) is 10.5. The second kappa shape index (κ2) is 4.18. The number of pyridine rings is 1. The lowest BCUT2D eigenvalue weighted by Crippen LogP contribution is -2.04. The zero-order chi connectivity index (χ0) is 12.6. The zero-order valence-corrected chi connectivity index (χ0v) is 9.05. The fourth-order valence-corrected chi connectivity index (χ4v) is 1.74. The van der Waals surface area contributed by atoms with E-state index in [1.165, 1.54) is 6.07 Å². The third kappa shape index (κ3) is 2.14. The van der Waals surface area contributed by atoms with E-state index in [2.05, 4.69) is 4.98 Å². The summed E-state index contributed by atoms with van der Waals surface area (Å²) in [4.78, 5) is 13.2. The quantitative estimate of drug-likeness (QED) is 0.772. The van der Waals surface area contributed by atoms with Gasteiger partial charge in [0.15, 0.2) is 11.6 Å². The lowest BCUT2D eigenvalue weighted by Gasteiger charge is -2.06. The molecule has 1 heterocycles. The standard InChI is InChI=1S/C11H6ClF2NO2/c12-11-10(8(16)4-9(17)15-11)5-1-2-6(13)7(14)3-5/h1-4H,(H2,15,16,17). The first-order valence-corrected chi connectivity index (χ1v) is 4.94. The molecule has 0 saturated carbocycles. The van der Waals surface area contributed by atoms with Crippen LogP contribution in [0.2, 0.25) is 5.15 Å². The number of aromatic amines is 1. The Kier molecular flexibility index (Phi) is 2.85. The van der Waals surface area contributed by atoms with E-state index in [0.717, 1.165) is 18.2 Å². The highest BCUT2D eigenvalue weighted by Crippen LogP contribution is 2.33. The van der Waals surface area contributed by atoms with E-state index in [-0.39, 0.29) is 16.3 Å². The van der Waals surface area contributed by atoms with Crippen molar-refractivity contribution >= 4 is 11.6 Å². The van der Waals surface area contributed by atoms with E-state index in [1.54, 1.807) is 0 Å². The number of aromatic hydroxyl groups is 1. The third-order valence-corrected chi connectivity index (χ3v) is 2.47. The van der Waals surface area contributed by atoms with Crippen molar-refractivity contribution in [3.05, 3.63) is 51.4 Å². The van der Waals surface area contributed by atoms with Crippen LogP contribution in [0.5, 0.6) is 5.75 Å². The van der Waals surface area contributed by atoms with Crippen LogP contribution in [0.1, 0.15) is 0 Å². The number of halogens is 3. The summed E-state index contributed by atoms with van der Waals surface area (Å²) in [5, 5.41) is 9.43. The molecule has 0 spiro atoms. The summed E-state index contributed by atoms with van der Waals surface area (Å²) in [6.07, 6.45) is 0. The number of hydrogen-bond acceptors (Lipinski definition) is 2. The molecule has 0 aliphatic rings. The fraction of sp³-hybridized carbons (Fsp3) is 0. The summed E-state index contributed by atoms with van der Waals surface area (Å²) >= 11 is 5.73. The van der Waals surface area contributed by atoms with E-state index in [9.17, 15) is 18.7 Å². The molecule has 3 nitrogen and oxygen atoms in total. The second-order valence-electron chi connectivity index (χ2n) is 3.34. The van der Waals surface area contributed by atoms with Crippen molar-refractivity contribution in [1.29, 1.82) is 0 Å². The Morgan fingerprint density at radius 3 is 2.47 bits per heavy atom. The van der Waals surface area contributed by atoms with Gasteiger partial charge in [-0.3, -0.25) is 4.79 Å². The smallest absolute Gasteiger partial charge is 0.252 e. The van der Waals surface area contributed by atoms with E-state index in [4.69, 9.17) is 11.6 Å². The molecule has 0 aliphatic carbocycles. The molecule has 2 N–H and O–H groups in total. The molecule has 88 valence electrons. The Morgan fingerprint density at radius 2 is 1.88 bits per heavy atom. The van der Waals surface area contributed by atoms with Gasteiger partial charge in [-0.25, -0.2) is 8.78 Å². The third-order valence-electron chi connectivity index (χ3n) is 2.18. The van der Waals surface area contributed by atoms with Gasteiger partial charge in [0.1, 0.15) is 10.9 Å². The second-order valence-corrected chi connectivity index (χ2v) is 3.71. The maximum absolute atomic E-state index is 13.0. The molecule has 0 amide bonds. The number of benzene rings is 1. The molecule has 0 atom stereocenters. The number of hydrogen-bond donors (Lipinski definition) is 2. The molecule has 1 aromatic heterocycles. The van der Waals surface area contributed by atoms with Crippen LogP contribution in [-0.4, -0.2) is 10.1 Å². The molecule has 2 aromatic rings. The molecule has 0 radical (unpaired) electrons. The van der Waals surface area contributed by atoms with Gasteiger partial charge < -0.3 is 10.1 Å². The molecule has 0 bridgehead atoms. The molecule has 0 aliphatic heterocycles. The van der Waals surface area contributed by atoms with Crippen LogP contribution in [0.4, 0.5) is 8.78 Å². The van der Waals surface area contributed by atoms with E-state index < -0.39 is 22.9 Å². The van der Waals surface area contributed by atoms with E-state index in [1.807, 2.05) is 0 Å². The highest BCUT2D eigenvalue weighted by Gasteiger charge is 2.13. The van der Waals surface area contributed by atoms with Gasteiger partial charge in [-0.05, 0) is 17.7 Å². The number of rotatable bonds is 1. The molecule has 17 heavy (non-hydrogen) atoms. The topological polar surface area (TPSA) is 53.1 Å². The predicted octanol–water partition coefficient (Wildman–Crippen LogP) is 2.68. The van der Waals surface area contributed by atoms with Crippen molar-refractivity contribution in [2.45, 2.75) is 0 Å². The molecular formula is C11H6ClF2NO2. The SMILES string of the molecule is O=c1cc(O)c(-c2ccc(F)c(F)c2)c(Cl)[nH]1. The van der Waals surface area contributed by atoms with Gasteiger partial charge in [-0.2, -0.15) is 0 Å². The number of aromatic nitrogens is 1. The first-order chi connectivity index (χ1) is 7.99. The summed E-state index contributed by atoms with van der Waals surface area (Å²) in [5.41, 5.74) is -0.369. The van der Waals surface area contributed by atoms with Crippen molar-refractivity contribution in [1.82, 2.24) is 4.98 Å². The summed E-state index contributed by atoms with van der Waals surface area (Å²) in [5.74, 6) is -2.47. The lowest BCUT2D eigenvalue weighted by atomic mass is 10.1. The minimum absolute atomic E-state index is 0.0465. The van der Waals surface area contributed by atoms with Gasteiger partial charge in [0.25, 0.3) is 5.56 Å². The average Bonchev–Trinajstić information content (AvgIpc) is 2.21. The Bertz CT molecular complexity index is 614. The maximum atomic E-state index is 13.0. The van der Waals surface area contributed by atoms with Gasteiger partial charge >= 0.3 is 0 Å². The molecule has 1 aromatic carbocycles. The highest BCUT2D eigenvalue weighted by molar-refractivity contribution is 6.32. The Morgan fingerprint density at radius 1 is 1.18 bits per heavy atom. The van der Waals surface area contributed by atoms with Gasteiger partial charge in [0.05, 0.1) is 5.56 Å². The van der Waals surface area contributed by atoms with Crippen molar-refractivity contribution < 1.29 is 13.9 Å². The fourth-order valence-electron chi connectivity index (χ4n) is 1.44. The summed E-state index contributed by atoms with van der Waals surface area (Å²) < 4.78 is 25.8. The minimum Gasteiger partial charge on any atom is -0.507 e. The molecule has 0 saturated heterocycles. The van der Waals surface area contributed by atoms with Crippen molar-refractivity contribution in [2.24, 2.45) is 0 Å². The molecule has 0 fully saturated rings. The number of H-pyrrole nitrogens is 1. The molecule has 2 rings (SSSR count). The van der Waals surface area contributed by atoms with Crippen molar-refractivity contribution in [2.75, 3.05) is 0 Å². The van der Waals surface area contributed by atoms with Crippen LogP contribution in [0.15, 0.2) is 29.1 Å². The Balaban J connectivity index is 2.68. The van der Waals surface area contributed by atoms with Crippen LogP contribution in [-0.2, 0) is 0 Å². The van der Waals surface area contributed by atoms with Crippen LogP contribution < -0.4 is 5.56 Å². The van der Waals surface area contributed by atoms with Crippen molar-refractivity contribution in [3.63, 3.8) is 0 Å². The van der Waals surface area contributed by atoms with Crippen LogP contribution in [0, 0.1) is 11.6 Å². The summed E-state index contributed by atoms with van der Waals surface area (Å²) in [6, 6.07) is 3.94. The molecular weight excluding hydrogens is 252 g/mol. The average molecular weight is 258 g/mol. The van der Waals surface area contributed by atoms with E-state index >= 15 is 0 Å². The van der Waals surface area contributed by atoms with Crippen LogP contribution in [0.25, 0.3) is 11.1 Å². The predicted molar refractivity (Wildman–Crippen MR) is 59.1 cm³/mol. The highest BCUT2D eigenvalue weighted by atomic mass is 35.5. The first kappa shape index (κ1) is 11.6. The zero-order valence-electron chi connectivity index (χ0n) is 8.30. The Labute approximate surface area is 99.3 Å². The number of nitrogens with one attached hydrogen (secondary N) is 1. The van der Waals surface area contributed by atoms with Gasteiger partial charge in [-0.1, -0.05) is 17.7 Å². The van der Waals surface area contributed by atoms with Crippen LogP contribution >= 0.6 is 11.6 Å². The summed E-state index contributed by atoms with van der Waals surface area (Å²) in [7, 11) is 0. The lowest BCUT2D eigenvalue weighted by molar-refractivity contribution is 0.475. The maximum Gasteiger partial charge on any atom is 0.252 e. The monoisotopic (exact) mass is 257 g/mol. The van der Waals surface area contributed by atoms with E-state index in [0.29, 0.717) is 0 Å².